The average molecular weight is 388 g/mol. The summed E-state index contributed by atoms with van der Waals surface area (Å²) in [6.07, 6.45) is 20.7. The highest BCUT2D eigenvalue weighted by Gasteiger charge is 1.95. The highest BCUT2D eigenvalue weighted by atomic mass is 28.1. The molecule has 0 fully saturated rings. The topological polar surface area (TPSA) is 24.1 Å². The van der Waals surface area contributed by atoms with E-state index in [2.05, 4.69) is 51.2 Å². The third-order valence-electron chi connectivity index (χ3n) is 5.25. The Hall–Kier alpha value is -0.643. The Kier molecular flexibility index (Phi) is 18.2. The van der Waals surface area contributed by atoms with E-state index >= 15 is 0 Å². The van der Waals surface area contributed by atoms with E-state index in [-0.39, 0.29) is 0 Å². The van der Waals surface area contributed by atoms with Crippen LogP contribution in [0, 0.1) is 0 Å². The second-order valence-corrected chi connectivity index (χ2v) is 8.14. The lowest BCUT2D eigenvalue weighted by atomic mass is 10.0. The van der Waals surface area contributed by atoms with Gasteiger partial charge in [0.15, 0.2) is 0 Å². The third kappa shape index (κ3) is 17.2. The second kappa shape index (κ2) is 20.1. The molecular formula is C24H43N2Si. The maximum absolute atomic E-state index is 3.55. The molecule has 0 bridgehead atoms. The van der Waals surface area contributed by atoms with Crippen LogP contribution in [-0.2, 0) is 6.54 Å². The lowest BCUT2D eigenvalue weighted by Gasteiger charge is -2.05. The molecule has 0 aliphatic rings. The molecule has 1 rings (SSSR count). The van der Waals surface area contributed by atoms with Gasteiger partial charge in [-0.15, -0.1) is 0 Å². The van der Waals surface area contributed by atoms with Crippen LogP contribution >= 0.6 is 0 Å². The van der Waals surface area contributed by atoms with E-state index in [1.807, 2.05) is 0 Å². The minimum absolute atomic E-state index is 0.923. The largest absolute Gasteiger partial charge is 0.320 e. The summed E-state index contributed by atoms with van der Waals surface area (Å²) in [7, 11) is 3.44. The quantitative estimate of drug-likeness (QED) is 0.213. The predicted octanol–water partition coefficient (Wildman–Crippen LogP) is 5.95. The van der Waals surface area contributed by atoms with Crippen molar-refractivity contribution in [1.29, 1.82) is 0 Å². The van der Waals surface area contributed by atoms with Crippen molar-refractivity contribution in [2.45, 2.75) is 96.4 Å². The van der Waals surface area contributed by atoms with Gasteiger partial charge in [-0.2, -0.15) is 0 Å². The fourth-order valence-corrected chi connectivity index (χ4v) is 3.72. The van der Waals surface area contributed by atoms with Gasteiger partial charge in [-0.25, -0.2) is 0 Å². The van der Waals surface area contributed by atoms with Crippen molar-refractivity contribution < 1.29 is 0 Å². The lowest BCUT2D eigenvalue weighted by molar-refractivity contribution is 0.526. The molecule has 153 valence electrons. The summed E-state index contributed by atoms with van der Waals surface area (Å²) in [5, 5.41) is 6.87. The van der Waals surface area contributed by atoms with Gasteiger partial charge in [0, 0.05) is 16.8 Å². The number of rotatable bonds is 20. The Morgan fingerprint density at radius 2 is 0.926 bits per heavy atom. The zero-order valence-electron chi connectivity index (χ0n) is 17.6. The molecule has 0 aliphatic carbocycles. The Morgan fingerprint density at radius 1 is 0.519 bits per heavy atom. The zero-order chi connectivity index (χ0) is 19.3. The monoisotopic (exact) mass is 387 g/mol. The second-order valence-electron chi connectivity index (χ2n) is 7.79. The molecule has 3 radical (unpaired) electrons. The van der Waals surface area contributed by atoms with E-state index in [4.69, 9.17) is 0 Å². The highest BCUT2D eigenvalue weighted by molar-refractivity contribution is 6.08. The van der Waals surface area contributed by atoms with Gasteiger partial charge >= 0.3 is 0 Å². The van der Waals surface area contributed by atoms with Gasteiger partial charge < -0.3 is 10.6 Å². The van der Waals surface area contributed by atoms with Crippen LogP contribution < -0.4 is 10.6 Å². The fourth-order valence-electron chi connectivity index (χ4n) is 3.54. The summed E-state index contributed by atoms with van der Waals surface area (Å²) in [4.78, 5) is 0. The van der Waals surface area contributed by atoms with Crippen LogP contribution in [0.15, 0.2) is 30.3 Å². The van der Waals surface area contributed by atoms with Crippen molar-refractivity contribution >= 4 is 10.2 Å². The van der Waals surface area contributed by atoms with Crippen LogP contribution in [0.2, 0.25) is 0 Å². The van der Waals surface area contributed by atoms with Crippen LogP contribution in [0.4, 0.5) is 0 Å². The summed E-state index contributed by atoms with van der Waals surface area (Å²) < 4.78 is 0. The first-order chi connectivity index (χ1) is 13.4. The number of nitrogens with one attached hydrogen (secondary N) is 2. The summed E-state index contributed by atoms with van der Waals surface area (Å²) in [5.41, 5.74) is 1.39. The lowest BCUT2D eigenvalue weighted by Crippen LogP contribution is -2.16. The molecule has 3 heteroatoms. The Bertz CT molecular complexity index is 397. The van der Waals surface area contributed by atoms with Crippen LogP contribution in [0.1, 0.15) is 95.5 Å². The molecule has 0 aliphatic heterocycles. The van der Waals surface area contributed by atoms with Crippen molar-refractivity contribution in [3.8, 4) is 0 Å². The minimum Gasteiger partial charge on any atom is -0.320 e. The van der Waals surface area contributed by atoms with E-state index < -0.39 is 0 Å². The molecule has 1 aromatic carbocycles. The van der Waals surface area contributed by atoms with Crippen LogP contribution in [-0.4, -0.2) is 29.5 Å². The molecule has 2 N–H and O–H groups in total. The number of unbranched alkanes of at least 4 members (excludes halogenated alkanes) is 13. The first kappa shape index (κ1) is 24.4. The molecule has 0 aromatic heterocycles. The zero-order valence-corrected chi connectivity index (χ0v) is 18.6. The average Bonchev–Trinajstić information content (AvgIpc) is 2.70. The normalized spacial score (nSPS) is 11.1. The molecule has 0 unspecified atom stereocenters. The summed E-state index contributed by atoms with van der Waals surface area (Å²) >= 11 is 0. The molecule has 27 heavy (non-hydrogen) atoms. The first-order valence-electron chi connectivity index (χ1n) is 11.5. The molecule has 0 saturated heterocycles. The minimum atomic E-state index is 0.923. The fraction of sp³-hybridized carbons (Fsp3) is 0.750. The van der Waals surface area contributed by atoms with Crippen molar-refractivity contribution in [3.63, 3.8) is 0 Å². The van der Waals surface area contributed by atoms with Gasteiger partial charge in [-0.1, -0.05) is 107 Å². The molecule has 0 heterocycles. The van der Waals surface area contributed by atoms with E-state index in [1.54, 1.807) is 0 Å². The van der Waals surface area contributed by atoms with Crippen molar-refractivity contribution in [2.75, 3.05) is 19.3 Å². The number of hydrogen-bond acceptors (Lipinski definition) is 2. The van der Waals surface area contributed by atoms with Crippen molar-refractivity contribution in [2.24, 2.45) is 0 Å². The van der Waals surface area contributed by atoms with Crippen LogP contribution in [0.5, 0.6) is 0 Å². The summed E-state index contributed by atoms with van der Waals surface area (Å²) in [6, 6.07) is 10.7. The molecule has 0 atom stereocenters. The van der Waals surface area contributed by atoms with E-state index in [1.165, 1.54) is 95.5 Å². The standard InChI is InChI=1S/C24H43N2Si/c27-23-26-21-17-12-10-8-6-4-2-1-3-5-7-9-11-16-20-25-22-24-18-14-13-15-19-24/h13-15,18-19,25-26H,1-12,16-17,20-23H2. The van der Waals surface area contributed by atoms with Gasteiger partial charge in [0.25, 0.3) is 0 Å². The molecule has 0 spiro atoms. The molecule has 2 nitrogen and oxygen atoms in total. The Morgan fingerprint density at radius 3 is 1.37 bits per heavy atom. The number of hydrogen-bond donors (Lipinski definition) is 2. The molecule has 0 saturated carbocycles. The summed E-state index contributed by atoms with van der Waals surface area (Å²) in [6.45, 7) is 3.32. The smallest absolute Gasteiger partial charge is 0.0428 e. The Labute approximate surface area is 172 Å². The molecule has 0 amide bonds. The molecular weight excluding hydrogens is 344 g/mol. The Balaban J connectivity index is 1.67. The highest BCUT2D eigenvalue weighted by Crippen LogP contribution is 2.12. The summed E-state index contributed by atoms with van der Waals surface area (Å²) in [5.74, 6) is 0. The third-order valence-corrected chi connectivity index (χ3v) is 5.50. The first-order valence-corrected chi connectivity index (χ1v) is 12.2. The van der Waals surface area contributed by atoms with Gasteiger partial charge in [-0.05, 0) is 37.7 Å². The SMILES string of the molecule is [Si]CNCCCCCCCCCCCCCCCCNCc1ccccc1. The number of benzene rings is 1. The van der Waals surface area contributed by atoms with Crippen LogP contribution in [0.25, 0.3) is 0 Å². The van der Waals surface area contributed by atoms with E-state index in [9.17, 15) is 0 Å². The van der Waals surface area contributed by atoms with Crippen molar-refractivity contribution in [1.82, 2.24) is 10.6 Å². The maximum atomic E-state index is 3.55. The maximum Gasteiger partial charge on any atom is 0.0428 e. The van der Waals surface area contributed by atoms with E-state index in [0.29, 0.717) is 0 Å². The van der Waals surface area contributed by atoms with E-state index in [0.717, 1.165) is 25.8 Å². The van der Waals surface area contributed by atoms with Crippen molar-refractivity contribution in [3.05, 3.63) is 35.9 Å². The van der Waals surface area contributed by atoms with Gasteiger partial charge in [0.1, 0.15) is 0 Å². The van der Waals surface area contributed by atoms with Gasteiger partial charge in [0.05, 0.1) is 0 Å². The predicted molar refractivity (Wildman–Crippen MR) is 121 cm³/mol. The van der Waals surface area contributed by atoms with Crippen LogP contribution in [0.3, 0.4) is 0 Å². The molecule has 1 aromatic rings. The van der Waals surface area contributed by atoms with Gasteiger partial charge in [0.2, 0.25) is 0 Å². The van der Waals surface area contributed by atoms with Gasteiger partial charge in [-0.3, -0.25) is 0 Å².